The summed E-state index contributed by atoms with van der Waals surface area (Å²) in [5.41, 5.74) is 2.61. The summed E-state index contributed by atoms with van der Waals surface area (Å²) in [6.45, 7) is 5.71. The highest BCUT2D eigenvalue weighted by Gasteiger charge is 2.21. The van der Waals surface area contributed by atoms with Crippen molar-refractivity contribution in [2.24, 2.45) is 0 Å². The molecule has 9 nitrogen and oxygen atoms in total. The van der Waals surface area contributed by atoms with Crippen LogP contribution in [-0.2, 0) is 11.4 Å². The maximum Gasteiger partial charge on any atom is 0.325 e. The topological polar surface area (TPSA) is 124 Å². The second-order valence-electron chi connectivity index (χ2n) is 6.85. The molecule has 31 heavy (non-hydrogen) atoms. The SMILES string of the molecule is Cc1cccc(C)c1OCc1nnc(SC(C)C(=O)NC(=O)Nc2ccccc2)n1N. The fraction of sp³-hybridized carbons (Fsp3) is 0.238. The van der Waals surface area contributed by atoms with Gasteiger partial charge in [0.2, 0.25) is 11.1 Å². The van der Waals surface area contributed by atoms with Crippen molar-refractivity contribution in [2.75, 3.05) is 11.2 Å². The summed E-state index contributed by atoms with van der Waals surface area (Å²) in [6, 6.07) is 14.1. The molecule has 10 heteroatoms. The van der Waals surface area contributed by atoms with Crippen LogP contribution in [0.15, 0.2) is 53.7 Å². The molecule has 4 N–H and O–H groups in total. The van der Waals surface area contributed by atoms with Crippen molar-refractivity contribution in [2.45, 2.75) is 37.8 Å². The highest BCUT2D eigenvalue weighted by atomic mass is 32.2. The summed E-state index contributed by atoms with van der Waals surface area (Å²) < 4.78 is 7.15. The van der Waals surface area contributed by atoms with Gasteiger partial charge in [0.15, 0.2) is 5.82 Å². The number of carbonyl (C=O) groups excluding carboxylic acids is 2. The van der Waals surface area contributed by atoms with E-state index in [2.05, 4.69) is 20.8 Å². The number of nitrogen functional groups attached to an aromatic ring is 1. The number of nitrogens with zero attached hydrogens (tertiary/aromatic N) is 3. The normalized spacial score (nSPS) is 11.6. The van der Waals surface area contributed by atoms with E-state index in [0.717, 1.165) is 28.6 Å². The molecule has 2 aromatic carbocycles. The number of benzene rings is 2. The Labute approximate surface area is 184 Å². The average molecular weight is 441 g/mol. The Morgan fingerprint density at radius 3 is 2.45 bits per heavy atom. The van der Waals surface area contributed by atoms with E-state index < -0.39 is 17.2 Å². The van der Waals surface area contributed by atoms with Crippen molar-refractivity contribution in [3.63, 3.8) is 0 Å². The number of imide groups is 1. The number of urea groups is 1. The lowest BCUT2D eigenvalue weighted by Gasteiger charge is -2.12. The second kappa shape index (κ2) is 9.98. The molecular formula is C21H24N6O3S. The molecule has 1 aromatic heterocycles. The second-order valence-corrected chi connectivity index (χ2v) is 8.16. The summed E-state index contributed by atoms with van der Waals surface area (Å²) in [6.07, 6.45) is 0. The van der Waals surface area contributed by atoms with Gasteiger partial charge in [-0.05, 0) is 44.0 Å². The Morgan fingerprint density at radius 1 is 1.10 bits per heavy atom. The minimum absolute atomic E-state index is 0.135. The number of ether oxygens (including phenoxy) is 1. The monoisotopic (exact) mass is 440 g/mol. The van der Waals surface area contributed by atoms with Crippen molar-refractivity contribution in [3.8, 4) is 5.75 Å². The van der Waals surface area contributed by atoms with Gasteiger partial charge in [0.1, 0.15) is 12.4 Å². The molecule has 1 heterocycles. The van der Waals surface area contributed by atoms with Crippen molar-refractivity contribution in [3.05, 3.63) is 65.5 Å². The van der Waals surface area contributed by atoms with Crippen LogP contribution in [0, 0.1) is 13.8 Å². The van der Waals surface area contributed by atoms with Gasteiger partial charge in [0, 0.05) is 5.69 Å². The lowest BCUT2D eigenvalue weighted by atomic mass is 10.1. The van der Waals surface area contributed by atoms with Gasteiger partial charge in [0.05, 0.1) is 5.25 Å². The first kappa shape index (κ1) is 22.2. The predicted molar refractivity (Wildman–Crippen MR) is 119 cm³/mol. The van der Waals surface area contributed by atoms with Crippen LogP contribution in [0.1, 0.15) is 23.9 Å². The number of aromatic nitrogens is 3. The summed E-state index contributed by atoms with van der Waals surface area (Å²) in [7, 11) is 0. The number of anilines is 1. The Hall–Kier alpha value is -3.53. The Balaban J connectivity index is 1.55. The van der Waals surface area contributed by atoms with Crippen LogP contribution in [-0.4, -0.2) is 32.1 Å². The zero-order chi connectivity index (χ0) is 22.4. The van der Waals surface area contributed by atoms with Crippen molar-refractivity contribution in [1.82, 2.24) is 20.2 Å². The van der Waals surface area contributed by atoms with Crippen LogP contribution in [0.3, 0.4) is 0 Å². The molecule has 0 aliphatic rings. The lowest BCUT2D eigenvalue weighted by Crippen LogP contribution is -2.39. The molecule has 0 saturated heterocycles. The van der Waals surface area contributed by atoms with E-state index in [1.54, 1.807) is 31.2 Å². The Morgan fingerprint density at radius 2 is 1.77 bits per heavy atom. The summed E-state index contributed by atoms with van der Waals surface area (Å²) in [5, 5.41) is 12.7. The number of aryl methyl sites for hydroxylation is 2. The van der Waals surface area contributed by atoms with E-state index in [4.69, 9.17) is 10.6 Å². The van der Waals surface area contributed by atoms with Crippen LogP contribution in [0.5, 0.6) is 5.75 Å². The van der Waals surface area contributed by atoms with E-state index in [-0.39, 0.29) is 6.61 Å². The molecule has 0 aliphatic carbocycles. The number of para-hydroxylation sites is 2. The molecule has 0 aliphatic heterocycles. The molecule has 0 bridgehead atoms. The first-order chi connectivity index (χ1) is 14.8. The van der Waals surface area contributed by atoms with E-state index in [1.807, 2.05) is 38.1 Å². The maximum atomic E-state index is 12.3. The zero-order valence-corrected chi connectivity index (χ0v) is 18.3. The number of hydrogen-bond donors (Lipinski definition) is 3. The van der Waals surface area contributed by atoms with Crippen LogP contribution >= 0.6 is 11.8 Å². The fourth-order valence-electron chi connectivity index (χ4n) is 2.76. The molecule has 1 atom stereocenters. The van der Waals surface area contributed by atoms with E-state index in [0.29, 0.717) is 16.7 Å². The summed E-state index contributed by atoms with van der Waals surface area (Å²) in [5.74, 6) is 6.79. The smallest absolute Gasteiger partial charge is 0.325 e. The number of amides is 3. The number of nitrogens with two attached hydrogens (primary N) is 1. The Bertz CT molecular complexity index is 1050. The summed E-state index contributed by atoms with van der Waals surface area (Å²) >= 11 is 1.09. The van der Waals surface area contributed by atoms with Gasteiger partial charge in [-0.3, -0.25) is 10.1 Å². The van der Waals surface area contributed by atoms with Gasteiger partial charge in [-0.1, -0.05) is 48.2 Å². The fourth-order valence-corrected chi connectivity index (χ4v) is 3.55. The Kier molecular flexibility index (Phi) is 7.14. The van der Waals surface area contributed by atoms with Crippen LogP contribution < -0.4 is 21.2 Å². The van der Waals surface area contributed by atoms with Gasteiger partial charge in [0.25, 0.3) is 0 Å². The lowest BCUT2D eigenvalue weighted by molar-refractivity contribution is -0.119. The van der Waals surface area contributed by atoms with Crippen LogP contribution in [0.25, 0.3) is 0 Å². The van der Waals surface area contributed by atoms with E-state index in [1.165, 1.54) is 4.68 Å². The highest BCUT2D eigenvalue weighted by molar-refractivity contribution is 8.00. The quantitative estimate of drug-likeness (QED) is 0.381. The van der Waals surface area contributed by atoms with E-state index >= 15 is 0 Å². The number of carbonyl (C=O) groups is 2. The standard InChI is InChI=1S/C21H24N6O3S/c1-13-8-7-9-14(2)18(13)30-12-17-25-26-21(27(17)22)31-15(3)19(28)24-20(29)23-16-10-5-4-6-11-16/h4-11,15H,12,22H2,1-3H3,(H2,23,24,28,29). The summed E-state index contributed by atoms with van der Waals surface area (Å²) in [4.78, 5) is 24.3. The third-order valence-corrected chi connectivity index (χ3v) is 5.47. The van der Waals surface area contributed by atoms with Crippen molar-refractivity contribution >= 4 is 29.4 Å². The minimum atomic E-state index is -0.625. The minimum Gasteiger partial charge on any atom is -0.485 e. The molecular weight excluding hydrogens is 416 g/mol. The molecule has 0 radical (unpaired) electrons. The molecule has 1 unspecified atom stereocenters. The van der Waals surface area contributed by atoms with Gasteiger partial charge < -0.3 is 15.9 Å². The molecule has 3 amide bonds. The number of thioether (sulfide) groups is 1. The largest absolute Gasteiger partial charge is 0.485 e. The molecule has 0 spiro atoms. The molecule has 3 aromatic rings. The van der Waals surface area contributed by atoms with Gasteiger partial charge in [-0.2, -0.15) is 0 Å². The third kappa shape index (κ3) is 5.76. The average Bonchev–Trinajstić information content (AvgIpc) is 3.07. The highest BCUT2D eigenvalue weighted by Crippen LogP contribution is 2.24. The first-order valence-corrected chi connectivity index (χ1v) is 10.4. The van der Waals surface area contributed by atoms with Crippen molar-refractivity contribution < 1.29 is 14.3 Å². The molecule has 0 saturated carbocycles. The van der Waals surface area contributed by atoms with Gasteiger partial charge in [-0.25, -0.2) is 9.47 Å². The van der Waals surface area contributed by atoms with Crippen molar-refractivity contribution in [1.29, 1.82) is 0 Å². The molecule has 3 rings (SSSR count). The number of nitrogens with one attached hydrogen (secondary N) is 2. The van der Waals surface area contributed by atoms with Crippen LogP contribution in [0.2, 0.25) is 0 Å². The van der Waals surface area contributed by atoms with Gasteiger partial charge in [-0.15, -0.1) is 10.2 Å². The molecule has 0 fully saturated rings. The molecule has 162 valence electrons. The van der Waals surface area contributed by atoms with E-state index in [9.17, 15) is 9.59 Å². The number of rotatable bonds is 7. The van der Waals surface area contributed by atoms with Crippen LogP contribution in [0.4, 0.5) is 10.5 Å². The zero-order valence-electron chi connectivity index (χ0n) is 17.5. The first-order valence-electron chi connectivity index (χ1n) is 9.57. The predicted octanol–water partition coefficient (Wildman–Crippen LogP) is 3.02. The maximum absolute atomic E-state index is 12.3. The number of hydrogen-bond acceptors (Lipinski definition) is 7. The van der Waals surface area contributed by atoms with Gasteiger partial charge >= 0.3 is 6.03 Å². The third-order valence-electron chi connectivity index (χ3n) is 4.41.